The van der Waals surface area contributed by atoms with Gasteiger partial charge in [-0.05, 0) is 34.1 Å². The molecule has 5 heteroatoms. The van der Waals surface area contributed by atoms with E-state index in [1.807, 2.05) is 32.4 Å². The SMILES string of the molecule is CCCCn1nc(C)c2cnn(C(C)(C)C)c2c1=O. The summed E-state index contributed by atoms with van der Waals surface area (Å²) in [4.78, 5) is 12.6. The molecule has 19 heavy (non-hydrogen) atoms. The topological polar surface area (TPSA) is 52.7 Å². The lowest BCUT2D eigenvalue weighted by Crippen LogP contribution is -2.30. The molecule has 0 aliphatic carbocycles. The Kier molecular flexibility index (Phi) is 3.47. The van der Waals surface area contributed by atoms with Gasteiger partial charge in [-0.25, -0.2) is 4.68 Å². The zero-order valence-corrected chi connectivity index (χ0v) is 12.4. The van der Waals surface area contributed by atoms with Gasteiger partial charge in [0.05, 0.1) is 17.4 Å². The van der Waals surface area contributed by atoms with E-state index < -0.39 is 0 Å². The van der Waals surface area contributed by atoms with Gasteiger partial charge in [0.1, 0.15) is 5.52 Å². The van der Waals surface area contributed by atoms with Crippen molar-refractivity contribution in [3.8, 4) is 0 Å². The maximum atomic E-state index is 12.6. The number of rotatable bonds is 3. The summed E-state index contributed by atoms with van der Waals surface area (Å²) in [5, 5.41) is 9.61. The molecular formula is C14H22N4O. The molecule has 2 aromatic heterocycles. The van der Waals surface area contributed by atoms with Crippen LogP contribution in [0.3, 0.4) is 0 Å². The highest BCUT2D eigenvalue weighted by Gasteiger charge is 2.21. The minimum atomic E-state index is -0.211. The van der Waals surface area contributed by atoms with Crippen molar-refractivity contribution < 1.29 is 0 Å². The van der Waals surface area contributed by atoms with Crippen LogP contribution in [0, 0.1) is 6.92 Å². The Morgan fingerprint density at radius 2 is 2.00 bits per heavy atom. The van der Waals surface area contributed by atoms with Crippen molar-refractivity contribution >= 4 is 10.9 Å². The molecule has 0 bridgehead atoms. The minimum absolute atomic E-state index is 0.0403. The molecule has 0 aliphatic heterocycles. The number of aryl methyl sites for hydroxylation is 2. The van der Waals surface area contributed by atoms with Crippen LogP contribution in [0.4, 0.5) is 0 Å². The molecule has 0 radical (unpaired) electrons. The van der Waals surface area contributed by atoms with Crippen LogP contribution in [-0.4, -0.2) is 19.6 Å². The van der Waals surface area contributed by atoms with Gasteiger partial charge in [-0.1, -0.05) is 13.3 Å². The Morgan fingerprint density at radius 1 is 1.32 bits per heavy atom. The molecule has 0 unspecified atom stereocenters. The predicted octanol–water partition coefficient (Wildman–Crippen LogP) is 2.46. The van der Waals surface area contributed by atoms with Gasteiger partial charge in [-0.2, -0.15) is 10.2 Å². The molecule has 0 atom stereocenters. The summed E-state index contributed by atoms with van der Waals surface area (Å²) in [5.74, 6) is 0. The summed E-state index contributed by atoms with van der Waals surface area (Å²) in [6, 6.07) is 0. The van der Waals surface area contributed by atoms with E-state index in [-0.39, 0.29) is 11.1 Å². The number of fused-ring (bicyclic) bond motifs is 1. The first kappa shape index (κ1) is 13.8. The third kappa shape index (κ3) is 2.41. The van der Waals surface area contributed by atoms with Crippen LogP contribution in [-0.2, 0) is 12.1 Å². The van der Waals surface area contributed by atoms with Gasteiger partial charge in [0.25, 0.3) is 5.56 Å². The van der Waals surface area contributed by atoms with Crippen LogP contribution in [0.15, 0.2) is 11.0 Å². The van der Waals surface area contributed by atoms with Crippen LogP contribution in [0.25, 0.3) is 10.9 Å². The zero-order valence-electron chi connectivity index (χ0n) is 12.4. The highest BCUT2D eigenvalue weighted by atomic mass is 16.1. The summed E-state index contributed by atoms with van der Waals surface area (Å²) >= 11 is 0. The number of hydrogen-bond donors (Lipinski definition) is 0. The first-order valence-corrected chi connectivity index (χ1v) is 6.82. The van der Waals surface area contributed by atoms with Gasteiger partial charge in [0.15, 0.2) is 0 Å². The molecule has 0 fully saturated rings. The van der Waals surface area contributed by atoms with Crippen molar-refractivity contribution in [2.45, 2.75) is 59.5 Å². The fourth-order valence-electron chi connectivity index (χ4n) is 2.19. The quantitative estimate of drug-likeness (QED) is 0.853. The van der Waals surface area contributed by atoms with E-state index in [4.69, 9.17) is 0 Å². The molecule has 0 saturated carbocycles. The van der Waals surface area contributed by atoms with E-state index in [1.165, 1.54) is 0 Å². The lowest BCUT2D eigenvalue weighted by atomic mass is 10.1. The molecule has 2 aromatic rings. The molecule has 0 aliphatic rings. The van der Waals surface area contributed by atoms with Crippen molar-refractivity contribution in [1.82, 2.24) is 19.6 Å². The number of nitrogens with zero attached hydrogens (tertiary/aromatic N) is 4. The predicted molar refractivity (Wildman–Crippen MR) is 76.4 cm³/mol. The third-order valence-corrected chi connectivity index (χ3v) is 3.23. The number of aromatic nitrogens is 4. The maximum absolute atomic E-state index is 12.6. The van der Waals surface area contributed by atoms with E-state index in [0.29, 0.717) is 12.1 Å². The Bertz CT molecular complexity index is 646. The zero-order chi connectivity index (χ0) is 14.2. The second-order valence-corrected chi connectivity index (χ2v) is 5.96. The summed E-state index contributed by atoms with van der Waals surface area (Å²) in [6.07, 6.45) is 3.75. The first-order valence-electron chi connectivity index (χ1n) is 6.82. The molecule has 0 amide bonds. The van der Waals surface area contributed by atoms with E-state index >= 15 is 0 Å². The fraction of sp³-hybridized carbons (Fsp3) is 0.643. The van der Waals surface area contributed by atoms with Crippen molar-refractivity contribution in [3.63, 3.8) is 0 Å². The number of hydrogen-bond acceptors (Lipinski definition) is 3. The van der Waals surface area contributed by atoms with Gasteiger partial charge in [0.2, 0.25) is 0 Å². The fourth-order valence-corrected chi connectivity index (χ4v) is 2.19. The van der Waals surface area contributed by atoms with Crippen LogP contribution in [0.2, 0.25) is 0 Å². The van der Waals surface area contributed by atoms with Gasteiger partial charge in [-0.3, -0.25) is 9.48 Å². The van der Waals surface area contributed by atoms with Gasteiger partial charge < -0.3 is 0 Å². The Morgan fingerprint density at radius 3 is 2.58 bits per heavy atom. The second kappa shape index (κ2) is 4.79. The highest BCUT2D eigenvalue weighted by Crippen LogP contribution is 2.20. The lowest BCUT2D eigenvalue weighted by molar-refractivity contribution is 0.366. The van der Waals surface area contributed by atoms with E-state index in [9.17, 15) is 4.79 Å². The average Bonchev–Trinajstić information content (AvgIpc) is 2.77. The third-order valence-electron chi connectivity index (χ3n) is 3.23. The lowest BCUT2D eigenvalue weighted by Gasteiger charge is -2.20. The summed E-state index contributed by atoms with van der Waals surface area (Å²) in [5.41, 5.74) is 1.27. The summed E-state index contributed by atoms with van der Waals surface area (Å²) < 4.78 is 3.38. The summed E-state index contributed by atoms with van der Waals surface area (Å²) in [6.45, 7) is 10.8. The standard InChI is InChI=1S/C14H22N4O/c1-6-7-8-17-13(19)12-11(10(2)16-17)9-15-18(12)14(3,4)5/h9H,6-8H2,1-5H3. The molecule has 0 spiro atoms. The van der Waals surface area contributed by atoms with Crippen LogP contribution >= 0.6 is 0 Å². The Hall–Kier alpha value is -1.65. The Balaban J connectivity index is 2.71. The van der Waals surface area contributed by atoms with Crippen molar-refractivity contribution in [2.75, 3.05) is 0 Å². The molecule has 2 heterocycles. The first-order chi connectivity index (χ1) is 8.86. The molecule has 0 N–H and O–H groups in total. The van der Waals surface area contributed by atoms with Crippen molar-refractivity contribution in [2.24, 2.45) is 0 Å². The van der Waals surface area contributed by atoms with E-state index in [0.717, 1.165) is 23.9 Å². The van der Waals surface area contributed by atoms with Crippen LogP contribution in [0.5, 0.6) is 0 Å². The molecule has 104 valence electrons. The molecule has 0 saturated heterocycles. The van der Waals surface area contributed by atoms with Crippen LogP contribution < -0.4 is 5.56 Å². The molecule has 5 nitrogen and oxygen atoms in total. The normalized spacial score (nSPS) is 12.3. The smallest absolute Gasteiger partial charge is 0.265 e. The maximum Gasteiger partial charge on any atom is 0.292 e. The van der Waals surface area contributed by atoms with E-state index in [2.05, 4.69) is 17.1 Å². The molecular weight excluding hydrogens is 240 g/mol. The number of unbranched alkanes of at least 4 members (excludes halogenated alkanes) is 1. The minimum Gasteiger partial charge on any atom is -0.265 e. The van der Waals surface area contributed by atoms with Gasteiger partial charge in [0, 0.05) is 11.9 Å². The average molecular weight is 262 g/mol. The van der Waals surface area contributed by atoms with E-state index in [1.54, 1.807) is 10.9 Å². The van der Waals surface area contributed by atoms with Crippen LogP contribution in [0.1, 0.15) is 46.2 Å². The van der Waals surface area contributed by atoms with Gasteiger partial charge >= 0.3 is 0 Å². The summed E-state index contributed by atoms with van der Waals surface area (Å²) in [7, 11) is 0. The molecule has 2 rings (SSSR count). The highest BCUT2D eigenvalue weighted by molar-refractivity contribution is 5.79. The van der Waals surface area contributed by atoms with Crippen molar-refractivity contribution in [1.29, 1.82) is 0 Å². The second-order valence-electron chi connectivity index (χ2n) is 5.96. The monoisotopic (exact) mass is 262 g/mol. The van der Waals surface area contributed by atoms with Gasteiger partial charge in [-0.15, -0.1) is 0 Å². The Labute approximate surface area is 113 Å². The molecule has 0 aromatic carbocycles. The van der Waals surface area contributed by atoms with Crippen molar-refractivity contribution in [3.05, 3.63) is 22.2 Å². The largest absolute Gasteiger partial charge is 0.292 e.